The largest absolute Gasteiger partial charge is 0.477 e. The Morgan fingerprint density at radius 2 is 1.79 bits per heavy atom. The summed E-state index contributed by atoms with van der Waals surface area (Å²) in [7, 11) is 0. The minimum atomic E-state index is -1.17. The summed E-state index contributed by atoms with van der Waals surface area (Å²) in [4.78, 5) is 23.7. The number of carboxylic acids is 1. The minimum Gasteiger partial charge on any atom is -0.477 e. The van der Waals surface area contributed by atoms with Gasteiger partial charge < -0.3 is 15.2 Å². The van der Waals surface area contributed by atoms with Crippen LogP contribution >= 0.6 is 11.6 Å². The van der Waals surface area contributed by atoms with Crippen LogP contribution in [0.5, 0.6) is 11.5 Å². The van der Waals surface area contributed by atoms with Gasteiger partial charge in [-0.05, 0) is 48.2 Å². The van der Waals surface area contributed by atoms with E-state index in [1.54, 1.807) is 36.4 Å². The van der Waals surface area contributed by atoms with Crippen molar-refractivity contribution in [1.82, 2.24) is 5.32 Å². The number of amides is 1. The van der Waals surface area contributed by atoms with E-state index in [2.05, 4.69) is 5.32 Å². The molecule has 0 bridgehead atoms. The van der Waals surface area contributed by atoms with Crippen molar-refractivity contribution in [2.75, 3.05) is 0 Å². The lowest BCUT2D eigenvalue weighted by molar-refractivity contribution is -0.134. The summed E-state index contributed by atoms with van der Waals surface area (Å²) in [6.45, 7) is 0. The number of halogens is 1. The van der Waals surface area contributed by atoms with Gasteiger partial charge >= 0.3 is 5.97 Å². The third-order valence-corrected chi connectivity index (χ3v) is 5.33. The van der Waals surface area contributed by atoms with Gasteiger partial charge in [0.1, 0.15) is 17.2 Å². The van der Waals surface area contributed by atoms with Gasteiger partial charge in [0.2, 0.25) is 5.91 Å². The van der Waals surface area contributed by atoms with Crippen molar-refractivity contribution in [3.05, 3.63) is 64.8 Å². The topological polar surface area (TPSA) is 75.6 Å². The first kappa shape index (κ1) is 20.9. The first-order valence-electron chi connectivity index (χ1n) is 9.78. The number of benzene rings is 2. The van der Waals surface area contributed by atoms with Crippen LogP contribution in [0.15, 0.2) is 54.2 Å². The predicted octanol–water partition coefficient (Wildman–Crippen LogP) is 5.64. The second kappa shape index (κ2) is 10.1. The lowest BCUT2D eigenvalue weighted by Crippen LogP contribution is -2.27. The maximum Gasteiger partial charge on any atom is 0.352 e. The third-order valence-electron chi connectivity index (χ3n) is 5.01. The molecule has 0 unspecified atom stereocenters. The molecule has 1 saturated carbocycles. The number of hydrogen-bond acceptors (Lipinski definition) is 3. The Morgan fingerprint density at radius 3 is 2.45 bits per heavy atom. The van der Waals surface area contributed by atoms with Gasteiger partial charge in [0.25, 0.3) is 0 Å². The van der Waals surface area contributed by atoms with E-state index in [4.69, 9.17) is 16.3 Å². The molecule has 2 N–H and O–H groups in total. The van der Waals surface area contributed by atoms with Crippen LogP contribution in [0.1, 0.15) is 44.1 Å². The average molecular weight is 414 g/mol. The molecule has 5 nitrogen and oxygen atoms in total. The number of carboxylic acid groups (broad SMARTS) is 1. The molecule has 0 aromatic heterocycles. The number of hydrogen-bond donors (Lipinski definition) is 2. The Morgan fingerprint density at radius 1 is 1.10 bits per heavy atom. The molecule has 3 rings (SSSR count). The summed E-state index contributed by atoms with van der Waals surface area (Å²) in [5, 5.41) is 12.5. The molecule has 0 atom stereocenters. The Labute approximate surface area is 175 Å². The van der Waals surface area contributed by atoms with Crippen LogP contribution in [0.25, 0.3) is 6.08 Å². The molecular weight excluding hydrogens is 390 g/mol. The zero-order valence-electron chi connectivity index (χ0n) is 16.1. The summed E-state index contributed by atoms with van der Waals surface area (Å²) >= 11 is 6.08. The van der Waals surface area contributed by atoms with Crippen molar-refractivity contribution >= 4 is 29.6 Å². The summed E-state index contributed by atoms with van der Waals surface area (Å²) < 4.78 is 5.72. The van der Waals surface area contributed by atoms with Crippen molar-refractivity contribution in [2.24, 2.45) is 5.92 Å². The standard InChI is InChI=1S/C23H24ClNO4/c24-19-7-3-4-8-21(19)29-18-12-9-17(10-13-18)15-20(23(27)28)25-22(26)14-11-16-5-1-2-6-16/h3-4,7-10,12-13,15-16H,1-2,5-6,11,14H2,(H,25,26)(H,27,28)/b20-15+. The van der Waals surface area contributed by atoms with E-state index in [0.29, 0.717) is 34.4 Å². The van der Waals surface area contributed by atoms with Crippen molar-refractivity contribution in [3.8, 4) is 11.5 Å². The number of para-hydroxylation sites is 1. The van der Waals surface area contributed by atoms with Gasteiger partial charge in [-0.1, -0.05) is 61.5 Å². The van der Waals surface area contributed by atoms with Gasteiger partial charge in [0.05, 0.1) is 5.02 Å². The molecule has 0 heterocycles. The molecule has 1 aliphatic rings. The molecule has 0 saturated heterocycles. The second-order valence-corrected chi connectivity index (χ2v) is 7.61. The SMILES string of the molecule is O=C(CCC1CCCC1)N/C(=C/c1ccc(Oc2ccccc2Cl)cc1)C(=O)O. The second-order valence-electron chi connectivity index (χ2n) is 7.20. The molecule has 0 radical (unpaired) electrons. The van der Waals surface area contributed by atoms with Gasteiger partial charge in [0.15, 0.2) is 0 Å². The maximum absolute atomic E-state index is 12.1. The number of carbonyl (C=O) groups is 2. The van der Waals surface area contributed by atoms with E-state index in [1.165, 1.54) is 18.9 Å². The lowest BCUT2D eigenvalue weighted by atomic mass is 10.0. The molecule has 1 aliphatic carbocycles. The van der Waals surface area contributed by atoms with E-state index in [9.17, 15) is 14.7 Å². The fourth-order valence-electron chi connectivity index (χ4n) is 3.45. The minimum absolute atomic E-state index is 0.138. The van der Waals surface area contributed by atoms with E-state index < -0.39 is 5.97 Å². The molecule has 2 aromatic carbocycles. The van der Waals surface area contributed by atoms with Gasteiger partial charge in [-0.15, -0.1) is 0 Å². The lowest BCUT2D eigenvalue weighted by Gasteiger charge is -2.10. The highest BCUT2D eigenvalue weighted by Crippen LogP contribution is 2.29. The molecule has 1 fully saturated rings. The fourth-order valence-corrected chi connectivity index (χ4v) is 3.63. The monoisotopic (exact) mass is 413 g/mol. The van der Waals surface area contributed by atoms with Crippen LogP contribution in [0.3, 0.4) is 0 Å². The van der Waals surface area contributed by atoms with Crippen molar-refractivity contribution in [3.63, 3.8) is 0 Å². The Bertz CT molecular complexity index is 886. The number of aliphatic carboxylic acids is 1. The Kier molecular flexibility index (Phi) is 7.30. The predicted molar refractivity (Wildman–Crippen MR) is 113 cm³/mol. The highest BCUT2D eigenvalue weighted by Gasteiger charge is 2.17. The van der Waals surface area contributed by atoms with Crippen LogP contribution < -0.4 is 10.1 Å². The molecule has 29 heavy (non-hydrogen) atoms. The van der Waals surface area contributed by atoms with E-state index >= 15 is 0 Å². The van der Waals surface area contributed by atoms with E-state index in [-0.39, 0.29) is 11.6 Å². The summed E-state index contributed by atoms with van der Waals surface area (Å²) in [6, 6.07) is 14.0. The first-order chi connectivity index (χ1) is 14.0. The summed E-state index contributed by atoms with van der Waals surface area (Å²) in [5.74, 6) is 0.273. The first-order valence-corrected chi connectivity index (χ1v) is 10.2. The molecule has 1 amide bonds. The van der Waals surface area contributed by atoms with Crippen LogP contribution in [-0.4, -0.2) is 17.0 Å². The number of ether oxygens (including phenoxy) is 1. The number of rotatable bonds is 8. The van der Waals surface area contributed by atoms with E-state index in [1.807, 2.05) is 12.1 Å². The summed E-state index contributed by atoms with van der Waals surface area (Å²) in [6.07, 6.45) is 7.38. The third kappa shape index (κ3) is 6.36. The number of nitrogens with one attached hydrogen (secondary N) is 1. The Balaban J connectivity index is 1.61. The highest BCUT2D eigenvalue weighted by atomic mass is 35.5. The fraction of sp³-hybridized carbons (Fsp3) is 0.304. The maximum atomic E-state index is 12.1. The zero-order valence-corrected chi connectivity index (χ0v) is 16.8. The molecule has 0 aliphatic heterocycles. The van der Waals surface area contributed by atoms with E-state index in [0.717, 1.165) is 19.3 Å². The average Bonchev–Trinajstić information content (AvgIpc) is 3.23. The van der Waals surface area contributed by atoms with Crippen LogP contribution in [0.4, 0.5) is 0 Å². The smallest absolute Gasteiger partial charge is 0.352 e. The molecular formula is C23H24ClNO4. The van der Waals surface area contributed by atoms with Gasteiger partial charge in [0, 0.05) is 6.42 Å². The van der Waals surface area contributed by atoms with Crippen molar-refractivity contribution in [2.45, 2.75) is 38.5 Å². The molecule has 152 valence electrons. The number of carbonyl (C=O) groups excluding carboxylic acids is 1. The van der Waals surface area contributed by atoms with Crippen molar-refractivity contribution in [1.29, 1.82) is 0 Å². The summed E-state index contributed by atoms with van der Waals surface area (Å²) in [5.41, 5.74) is 0.506. The molecule has 6 heteroatoms. The van der Waals surface area contributed by atoms with Gasteiger partial charge in [-0.25, -0.2) is 4.79 Å². The normalized spacial score (nSPS) is 14.6. The Hall–Kier alpha value is -2.79. The van der Waals surface area contributed by atoms with Crippen molar-refractivity contribution < 1.29 is 19.4 Å². The quantitative estimate of drug-likeness (QED) is 0.549. The molecule has 0 spiro atoms. The van der Waals surface area contributed by atoms with Crippen LogP contribution in [0.2, 0.25) is 5.02 Å². The van der Waals surface area contributed by atoms with Crippen LogP contribution in [-0.2, 0) is 9.59 Å². The zero-order chi connectivity index (χ0) is 20.6. The van der Waals surface area contributed by atoms with Gasteiger partial charge in [-0.3, -0.25) is 4.79 Å². The highest BCUT2D eigenvalue weighted by molar-refractivity contribution is 6.32. The molecule has 2 aromatic rings. The van der Waals surface area contributed by atoms with Crippen LogP contribution in [0, 0.1) is 5.92 Å². The van der Waals surface area contributed by atoms with Gasteiger partial charge in [-0.2, -0.15) is 0 Å².